The second-order valence-electron chi connectivity index (χ2n) is 5.80. The minimum Gasteiger partial charge on any atom is -0.481 e. The summed E-state index contributed by atoms with van der Waals surface area (Å²) in [5.41, 5.74) is 0.757. The molecule has 7 heteroatoms. The predicted molar refractivity (Wildman–Crippen MR) is 89.0 cm³/mol. The molecule has 6 nitrogen and oxygen atoms in total. The number of hydrogen-bond donors (Lipinski definition) is 2. The minimum atomic E-state index is -0.886. The molecule has 1 aromatic rings. The Morgan fingerprint density at radius 3 is 2.78 bits per heavy atom. The van der Waals surface area contributed by atoms with E-state index in [2.05, 4.69) is 21.2 Å². The summed E-state index contributed by atoms with van der Waals surface area (Å²) in [6.07, 6.45) is 0.174. The van der Waals surface area contributed by atoms with Crippen LogP contribution in [0, 0.1) is 11.8 Å². The number of rotatable bonds is 6. The standard InChI is InChI=1S/C16H19BrN2O4/c1-10(6-15(21)22)8-18-16(23)11-7-14(20)19(9-11)13-5-3-2-4-12(13)17/h2-5,10-11H,6-9H2,1H3,(H,18,23)(H,21,22). The van der Waals surface area contributed by atoms with Gasteiger partial charge in [-0.05, 0) is 34.0 Å². The lowest BCUT2D eigenvalue weighted by molar-refractivity contribution is -0.138. The maximum atomic E-state index is 12.2. The molecule has 2 amide bonds. The first-order valence-electron chi connectivity index (χ1n) is 7.43. The summed E-state index contributed by atoms with van der Waals surface area (Å²) in [4.78, 5) is 36.6. The molecule has 2 unspecified atom stereocenters. The number of nitrogens with one attached hydrogen (secondary N) is 1. The first kappa shape index (κ1) is 17.5. The molecule has 1 heterocycles. The zero-order valence-electron chi connectivity index (χ0n) is 12.8. The van der Waals surface area contributed by atoms with Crippen molar-refractivity contribution in [2.75, 3.05) is 18.0 Å². The molecule has 1 saturated heterocycles. The van der Waals surface area contributed by atoms with Crippen LogP contribution in [0.25, 0.3) is 0 Å². The first-order valence-corrected chi connectivity index (χ1v) is 8.22. The van der Waals surface area contributed by atoms with Crippen molar-refractivity contribution in [1.29, 1.82) is 0 Å². The molecule has 23 heavy (non-hydrogen) atoms. The number of carboxylic acids is 1. The van der Waals surface area contributed by atoms with Gasteiger partial charge < -0.3 is 15.3 Å². The van der Waals surface area contributed by atoms with Crippen molar-refractivity contribution in [2.24, 2.45) is 11.8 Å². The number of benzene rings is 1. The van der Waals surface area contributed by atoms with Crippen LogP contribution in [0.5, 0.6) is 0 Å². The second kappa shape index (κ2) is 7.59. The molecule has 1 fully saturated rings. The van der Waals surface area contributed by atoms with Crippen molar-refractivity contribution < 1.29 is 19.5 Å². The first-order chi connectivity index (χ1) is 10.9. The zero-order chi connectivity index (χ0) is 17.0. The zero-order valence-corrected chi connectivity index (χ0v) is 14.4. The fourth-order valence-corrected chi connectivity index (χ4v) is 3.07. The molecule has 0 radical (unpaired) electrons. The number of aliphatic carboxylic acids is 1. The van der Waals surface area contributed by atoms with Gasteiger partial charge in [0, 0.05) is 30.4 Å². The summed E-state index contributed by atoms with van der Waals surface area (Å²) in [6, 6.07) is 7.39. The van der Waals surface area contributed by atoms with E-state index in [1.807, 2.05) is 24.3 Å². The van der Waals surface area contributed by atoms with Crippen LogP contribution in [0.3, 0.4) is 0 Å². The van der Waals surface area contributed by atoms with Crippen molar-refractivity contribution in [3.05, 3.63) is 28.7 Å². The third-order valence-electron chi connectivity index (χ3n) is 3.79. The second-order valence-corrected chi connectivity index (χ2v) is 6.66. The molecule has 0 spiro atoms. The highest BCUT2D eigenvalue weighted by atomic mass is 79.9. The summed E-state index contributed by atoms with van der Waals surface area (Å²) >= 11 is 3.41. The number of nitrogens with zero attached hydrogens (tertiary/aromatic N) is 1. The third kappa shape index (κ3) is 4.54. The maximum absolute atomic E-state index is 12.2. The monoisotopic (exact) mass is 382 g/mol. The average Bonchev–Trinajstić information content (AvgIpc) is 2.86. The molecular weight excluding hydrogens is 364 g/mol. The van der Waals surface area contributed by atoms with Crippen LogP contribution >= 0.6 is 15.9 Å². The topological polar surface area (TPSA) is 86.7 Å². The molecular formula is C16H19BrN2O4. The van der Waals surface area contributed by atoms with E-state index < -0.39 is 11.9 Å². The Balaban J connectivity index is 1.93. The van der Waals surface area contributed by atoms with E-state index in [4.69, 9.17) is 5.11 Å². The van der Waals surface area contributed by atoms with Gasteiger partial charge in [-0.1, -0.05) is 19.1 Å². The van der Waals surface area contributed by atoms with Crippen molar-refractivity contribution >= 4 is 39.4 Å². The van der Waals surface area contributed by atoms with Gasteiger partial charge in [-0.2, -0.15) is 0 Å². The number of hydrogen-bond acceptors (Lipinski definition) is 3. The largest absolute Gasteiger partial charge is 0.481 e. The van der Waals surface area contributed by atoms with Gasteiger partial charge in [0.2, 0.25) is 11.8 Å². The van der Waals surface area contributed by atoms with Gasteiger partial charge in [0.05, 0.1) is 11.6 Å². The average molecular weight is 383 g/mol. The fourth-order valence-electron chi connectivity index (χ4n) is 2.58. The smallest absolute Gasteiger partial charge is 0.303 e. The van der Waals surface area contributed by atoms with E-state index >= 15 is 0 Å². The van der Waals surface area contributed by atoms with Crippen LogP contribution in [0.2, 0.25) is 0 Å². The van der Waals surface area contributed by atoms with Crippen LogP contribution < -0.4 is 10.2 Å². The third-order valence-corrected chi connectivity index (χ3v) is 4.46. The highest BCUT2D eigenvalue weighted by Gasteiger charge is 2.35. The van der Waals surface area contributed by atoms with Crippen molar-refractivity contribution in [3.63, 3.8) is 0 Å². The van der Waals surface area contributed by atoms with E-state index in [1.165, 1.54) is 0 Å². The number of carboxylic acid groups (broad SMARTS) is 1. The lowest BCUT2D eigenvalue weighted by Gasteiger charge is -2.18. The minimum absolute atomic E-state index is 0.00691. The Bertz CT molecular complexity index is 620. The summed E-state index contributed by atoms with van der Waals surface area (Å²) < 4.78 is 0.810. The van der Waals surface area contributed by atoms with E-state index in [-0.39, 0.29) is 30.6 Å². The highest BCUT2D eigenvalue weighted by molar-refractivity contribution is 9.10. The molecule has 1 aromatic carbocycles. The number of carbonyl (C=O) groups is 3. The molecule has 0 bridgehead atoms. The van der Waals surface area contributed by atoms with Crippen molar-refractivity contribution in [1.82, 2.24) is 5.32 Å². The SMILES string of the molecule is CC(CNC(=O)C1CC(=O)N(c2ccccc2Br)C1)CC(=O)O. The van der Waals surface area contributed by atoms with Gasteiger partial charge in [-0.25, -0.2) is 0 Å². The number of halogens is 1. The van der Waals surface area contributed by atoms with E-state index in [0.717, 1.165) is 10.2 Å². The van der Waals surface area contributed by atoms with E-state index in [9.17, 15) is 14.4 Å². The van der Waals surface area contributed by atoms with Crippen LogP contribution in [-0.4, -0.2) is 36.0 Å². The normalized spacial score (nSPS) is 18.8. The van der Waals surface area contributed by atoms with Crippen LogP contribution in [0.1, 0.15) is 19.8 Å². The summed E-state index contributed by atoms with van der Waals surface area (Å²) in [7, 11) is 0. The Kier molecular flexibility index (Phi) is 5.76. The number of para-hydroxylation sites is 1. The molecule has 2 rings (SSSR count). The Labute approximate surface area is 143 Å². The van der Waals surface area contributed by atoms with Gasteiger partial charge in [0.1, 0.15) is 0 Å². The molecule has 1 aliphatic rings. The predicted octanol–water partition coefficient (Wildman–Crippen LogP) is 2.03. The van der Waals surface area contributed by atoms with Crippen LogP contribution in [0.4, 0.5) is 5.69 Å². The van der Waals surface area contributed by atoms with E-state index in [1.54, 1.807) is 11.8 Å². The Morgan fingerprint density at radius 2 is 2.13 bits per heavy atom. The summed E-state index contributed by atoms with van der Waals surface area (Å²) in [5, 5.41) is 11.5. The number of carbonyl (C=O) groups excluding carboxylic acids is 2. The molecule has 2 N–H and O–H groups in total. The van der Waals surface area contributed by atoms with Gasteiger partial charge in [0.15, 0.2) is 0 Å². The number of anilines is 1. The maximum Gasteiger partial charge on any atom is 0.303 e. The van der Waals surface area contributed by atoms with Crippen LogP contribution in [-0.2, 0) is 14.4 Å². The van der Waals surface area contributed by atoms with Gasteiger partial charge in [0.25, 0.3) is 0 Å². The summed E-state index contributed by atoms with van der Waals surface area (Å²) in [6.45, 7) is 2.40. The lowest BCUT2D eigenvalue weighted by Crippen LogP contribution is -2.35. The van der Waals surface area contributed by atoms with Crippen LogP contribution in [0.15, 0.2) is 28.7 Å². The molecule has 0 aromatic heterocycles. The molecule has 0 aliphatic carbocycles. The Morgan fingerprint density at radius 1 is 1.43 bits per heavy atom. The van der Waals surface area contributed by atoms with Gasteiger partial charge in [-0.15, -0.1) is 0 Å². The molecule has 1 aliphatic heterocycles. The molecule has 124 valence electrons. The quantitative estimate of drug-likeness (QED) is 0.787. The van der Waals surface area contributed by atoms with Crippen molar-refractivity contribution in [3.8, 4) is 0 Å². The summed E-state index contributed by atoms with van der Waals surface area (Å²) in [5.74, 6) is -1.73. The van der Waals surface area contributed by atoms with E-state index in [0.29, 0.717) is 13.1 Å². The Hall–Kier alpha value is -1.89. The highest BCUT2D eigenvalue weighted by Crippen LogP contribution is 2.31. The fraction of sp³-hybridized carbons (Fsp3) is 0.438. The molecule has 0 saturated carbocycles. The van der Waals surface area contributed by atoms with Gasteiger partial charge >= 0.3 is 5.97 Å². The van der Waals surface area contributed by atoms with Crippen molar-refractivity contribution in [2.45, 2.75) is 19.8 Å². The molecule has 2 atom stereocenters. The van der Waals surface area contributed by atoms with Gasteiger partial charge in [-0.3, -0.25) is 14.4 Å². The number of amides is 2. The lowest BCUT2D eigenvalue weighted by atomic mass is 10.1.